The number of nitrogens with zero attached hydrogens (tertiary/aromatic N) is 1. The minimum atomic E-state index is -4.34. The van der Waals surface area contributed by atoms with Crippen molar-refractivity contribution in [2.24, 2.45) is 5.92 Å². The molecule has 3 aromatic rings. The monoisotopic (exact) mass is 611 g/mol. The minimum Gasteiger partial charge on any atom is -0.347 e. The van der Waals surface area contributed by atoms with Gasteiger partial charge in [0.25, 0.3) is 5.91 Å². The fourth-order valence-electron chi connectivity index (χ4n) is 5.34. The lowest BCUT2D eigenvalue weighted by Crippen LogP contribution is -2.40. The van der Waals surface area contributed by atoms with E-state index >= 15 is 0 Å². The summed E-state index contributed by atoms with van der Waals surface area (Å²) in [4.78, 5) is 19.6. The van der Waals surface area contributed by atoms with Gasteiger partial charge in [-0.3, -0.25) is 4.79 Å². The highest BCUT2D eigenvalue weighted by molar-refractivity contribution is 7.97. The van der Waals surface area contributed by atoms with Crippen molar-refractivity contribution in [3.05, 3.63) is 47.1 Å². The summed E-state index contributed by atoms with van der Waals surface area (Å²) < 4.78 is 65.3. The summed E-state index contributed by atoms with van der Waals surface area (Å²) in [6, 6.07) is 9.45. The van der Waals surface area contributed by atoms with Gasteiger partial charge in [-0.1, -0.05) is 56.0 Å². The Bertz CT molecular complexity index is 1470. The lowest BCUT2D eigenvalue weighted by atomic mass is 9.97. The van der Waals surface area contributed by atoms with E-state index in [0.29, 0.717) is 28.7 Å². The lowest BCUT2D eigenvalue weighted by Gasteiger charge is -2.22. The van der Waals surface area contributed by atoms with Gasteiger partial charge in [0.2, 0.25) is 0 Å². The van der Waals surface area contributed by atoms with Crippen LogP contribution in [0.3, 0.4) is 0 Å². The Morgan fingerprint density at radius 2 is 1.75 bits per heavy atom. The molecule has 0 spiro atoms. The van der Waals surface area contributed by atoms with Crippen LogP contribution in [0.25, 0.3) is 21.2 Å². The number of carbonyl (C=O) groups is 1. The molecule has 1 aliphatic heterocycles. The normalized spacial score (nSPS) is 19.2. The molecule has 2 fully saturated rings. The van der Waals surface area contributed by atoms with Gasteiger partial charge >= 0.3 is 6.18 Å². The molecule has 1 unspecified atom stereocenters. The molecule has 2 heterocycles. The van der Waals surface area contributed by atoms with Crippen LogP contribution in [0.2, 0.25) is 0 Å². The fourth-order valence-corrected chi connectivity index (χ4v) is 8.73. The first kappa shape index (κ1) is 29.3. The highest BCUT2D eigenvalue weighted by atomic mass is 32.2. The van der Waals surface area contributed by atoms with Crippen LogP contribution < -0.4 is 10.0 Å². The van der Waals surface area contributed by atoms with Gasteiger partial charge in [0.05, 0.1) is 22.1 Å². The zero-order valence-corrected chi connectivity index (χ0v) is 24.5. The van der Waals surface area contributed by atoms with E-state index in [0.717, 1.165) is 65.0 Å². The van der Waals surface area contributed by atoms with Crippen molar-refractivity contribution in [3.8, 4) is 10.4 Å². The van der Waals surface area contributed by atoms with Crippen molar-refractivity contribution in [2.75, 3.05) is 11.5 Å². The van der Waals surface area contributed by atoms with E-state index in [1.807, 2.05) is 36.4 Å². The molecule has 1 aliphatic carbocycles. The number of hydrogen-bond donors (Lipinski definition) is 2. The van der Waals surface area contributed by atoms with Crippen molar-refractivity contribution < 1.29 is 26.4 Å². The Hall–Kier alpha value is -2.15. The SMILES string of the molecule is CC(NSc1ccc(-c2sc(C(=O)NC3CCS(=O)(=O)CC3)nc2CC2CCCC2)c2ccccc12)C(F)(F)F. The predicted molar refractivity (Wildman–Crippen MR) is 154 cm³/mol. The zero-order valence-electron chi connectivity index (χ0n) is 22.1. The summed E-state index contributed by atoms with van der Waals surface area (Å²) in [5, 5.41) is 5.04. The van der Waals surface area contributed by atoms with E-state index in [2.05, 4.69) is 10.0 Å². The van der Waals surface area contributed by atoms with Crippen molar-refractivity contribution in [2.45, 2.75) is 75.0 Å². The molecule has 6 nitrogen and oxygen atoms in total. The van der Waals surface area contributed by atoms with Gasteiger partial charge in [0.1, 0.15) is 15.9 Å². The Balaban J connectivity index is 1.46. The number of rotatable bonds is 8. The molecule has 216 valence electrons. The number of benzene rings is 2. The molecule has 0 radical (unpaired) electrons. The highest BCUT2D eigenvalue weighted by Gasteiger charge is 2.36. The smallest absolute Gasteiger partial charge is 0.347 e. The van der Waals surface area contributed by atoms with Crippen molar-refractivity contribution >= 4 is 49.8 Å². The summed E-state index contributed by atoms with van der Waals surface area (Å²) in [5.74, 6) is 0.339. The summed E-state index contributed by atoms with van der Waals surface area (Å²) in [5.41, 5.74) is 1.76. The number of thiazole rings is 1. The van der Waals surface area contributed by atoms with Crippen molar-refractivity contribution in [1.82, 2.24) is 15.0 Å². The van der Waals surface area contributed by atoms with Gasteiger partial charge in [-0.2, -0.15) is 13.2 Å². The maximum Gasteiger partial charge on any atom is 0.404 e. The maximum absolute atomic E-state index is 13.2. The number of amides is 1. The molecule has 1 amide bonds. The standard InChI is InChI=1S/C28H32F3N3O3S3/c1-17(28(29,30)31)34-39-24-11-10-22(20-8-4-5-9-21(20)24)25-23(16-18-6-2-3-7-18)33-27(38-25)26(35)32-19-12-14-40(36,37)15-13-19/h4-5,8-11,17-19,34H,2-3,6-7,12-16H2,1H3,(H,32,35). The summed E-state index contributed by atoms with van der Waals surface area (Å²) >= 11 is 2.28. The van der Waals surface area contributed by atoms with Gasteiger partial charge in [0, 0.05) is 16.5 Å². The second kappa shape index (κ2) is 12.0. The van der Waals surface area contributed by atoms with E-state index in [1.165, 1.54) is 24.2 Å². The van der Waals surface area contributed by atoms with Gasteiger partial charge < -0.3 is 5.32 Å². The molecule has 5 rings (SSSR count). The Kier molecular flexibility index (Phi) is 8.80. The second-order valence-electron chi connectivity index (χ2n) is 10.7. The number of aromatic nitrogens is 1. The quantitative estimate of drug-likeness (QED) is 0.281. The number of carbonyl (C=O) groups excluding carboxylic acids is 1. The molecular formula is C28H32F3N3O3S3. The second-order valence-corrected chi connectivity index (χ2v) is 14.9. The molecule has 1 aromatic heterocycles. The van der Waals surface area contributed by atoms with E-state index in [4.69, 9.17) is 4.98 Å². The molecule has 40 heavy (non-hydrogen) atoms. The average Bonchev–Trinajstić information content (AvgIpc) is 3.58. The first-order valence-electron chi connectivity index (χ1n) is 13.5. The molecule has 1 saturated heterocycles. The Labute approximate surface area is 240 Å². The summed E-state index contributed by atoms with van der Waals surface area (Å²) in [7, 11) is -3.04. The van der Waals surface area contributed by atoms with Gasteiger partial charge in [-0.25, -0.2) is 18.1 Å². The van der Waals surface area contributed by atoms with Crippen LogP contribution in [0.4, 0.5) is 13.2 Å². The highest BCUT2D eigenvalue weighted by Crippen LogP contribution is 2.41. The molecule has 2 aromatic carbocycles. The Morgan fingerprint density at radius 3 is 2.42 bits per heavy atom. The van der Waals surface area contributed by atoms with Crippen LogP contribution in [0.15, 0.2) is 41.3 Å². The van der Waals surface area contributed by atoms with Crippen LogP contribution in [0, 0.1) is 5.92 Å². The predicted octanol–water partition coefficient (Wildman–Crippen LogP) is 6.55. The molecule has 1 atom stereocenters. The topological polar surface area (TPSA) is 88.2 Å². The van der Waals surface area contributed by atoms with Crippen LogP contribution in [-0.4, -0.2) is 49.1 Å². The third-order valence-corrected chi connectivity index (χ3v) is 11.6. The third kappa shape index (κ3) is 6.83. The molecule has 2 aliphatic rings. The number of fused-ring (bicyclic) bond motifs is 1. The first-order chi connectivity index (χ1) is 19.0. The number of nitrogens with one attached hydrogen (secondary N) is 2. The summed E-state index contributed by atoms with van der Waals surface area (Å²) in [6.07, 6.45) is 1.81. The molecule has 1 saturated carbocycles. The lowest BCUT2D eigenvalue weighted by molar-refractivity contribution is -0.146. The maximum atomic E-state index is 13.2. The van der Waals surface area contributed by atoms with Crippen LogP contribution in [-0.2, 0) is 16.3 Å². The van der Waals surface area contributed by atoms with E-state index in [9.17, 15) is 26.4 Å². The van der Waals surface area contributed by atoms with Crippen LogP contribution >= 0.6 is 23.3 Å². The number of sulfone groups is 1. The van der Waals surface area contributed by atoms with E-state index in [1.54, 1.807) is 0 Å². The van der Waals surface area contributed by atoms with E-state index < -0.39 is 22.1 Å². The number of halogens is 3. The minimum absolute atomic E-state index is 0.0704. The van der Waals surface area contributed by atoms with Crippen LogP contribution in [0.1, 0.15) is 60.9 Å². The molecular weight excluding hydrogens is 580 g/mol. The van der Waals surface area contributed by atoms with Gasteiger partial charge in [0.15, 0.2) is 5.01 Å². The molecule has 12 heteroatoms. The Morgan fingerprint density at radius 1 is 1.07 bits per heavy atom. The number of alkyl halides is 3. The largest absolute Gasteiger partial charge is 0.404 e. The van der Waals surface area contributed by atoms with Gasteiger partial charge in [-0.15, -0.1) is 11.3 Å². The van der Waals surface area contributed by atoms with E-state index in [-0.39, 0.29) is 23.5 Å². The molecule has 2 N–H and O–H groups in total. The molecule has 0 bridgehead atoms. The van der Waals surface area contributed by atoms with Gasteiger partial charge in [-0.05, 0) is 60.9 Å². The summed E-state index contributed by atoms with van der Waals surface area (Å²) in [6.45, 7) is 1.09. The van der Waals surface area contributed by atoms with Crippen LogP contribution in [0.5, 0.6) is 0 Å². The van der Waals surface area contributed by atoms with Crippen molar-refractivity contribution in [3.63, 3.8) is 0 Å². The number of hydrogen-bond acceptors (Lipinski definition) is 7. The zero-order chi connectivity index (χ0) is 28.5. The fraction of sp³-hybridized carbons (Fsp3) is 0.500. The first-order valence-corrected chi connectivity index (χ1v) is 17.0. The van der Waals surface area contributed by atoms with Crippen molar-refractivity contribution in [1.29, 1.82) is 0 Å². The average molecular weight is 612 g/mol. The third-order valence-electron chi connectivity index (χ3n) is 7.70.